The zero-order valence-electron chi connectivity index (χ0n) is 13.5. The van der Waals surface area contributed by atoms with Gasteiger partial charge in [0.2, 0.25) is 0 Å². The van der Waals surface area contributed by atoms with Crippen LogP contribution in [0.2, 0.25) is 0 Å². The number of carbonyl (C=O) groups excluding carboxylic acids is 1. The average molecular weight is 278 g/mol. The molecule has 0 atom stereocenters. The SMILES string of the molecule is CCCCC[C@H]1CC[C@H](C2CCC(CC=O)CC2)CC1. The number of rotatable bonds is 7. The molecule has 0 aromatic rings. The lowest BCUT2D eigenvalue weighted by molar-refractivity contribution is -0.108. The molecule has 0 aromatic heterocycles. The molecule has 0 saturated heterocycles. The molecule has 0 N–H and O–H groups in total. The quantitative estimate of drug-likeness (QED) is 0.427. The summed E-state index contributed by atoms with van der Waals surface area (Å²) < 4.78 is 0. The maximum atomic E-state index is 10.6. The van der Waals surface area contributed by atoms with E-state index in [1.54, 1.807) is 0 Å². The van der Waals surface area contributed by atoms with Gasteiger partial charge in [-0.05, 0) is 62.2 Å². The van der Waals surface area contributed by atoms with Crippen LogP contribution in [-0.4, -0.2) is 6.29 Å². The molecule has 0 aliphatic heterocycles. The predicted molar refractivity (Wildman–Crippen MR) is 85.7 cm³/mol. The molecule has 0 unspecified atom stereocenters. The second-order valence-corrected chi connectivity index (χ2v) is 7.46. The maximum Gasteiger partial charge on any atom is 0.120 e. The fourth-order valence-corrected chi connectivity index (χ4v) is 4.66. The van der Waals surface area contributed by atoms with Crippen molar-refractivity contribution in [3.05, 3.63) is 0 Å². The molecule has 2 aliphatic carbocycles. The highest BCUT2D eigenvalue weighted by Gasteiger charge is 2.30. The van der Waals surface area contributed by atoms with Gasteiger partial charge in [0.25, 0.3) is 0 Å². The normalized spacial score (nSPS) is 34.9. The van der Waals surface area contributed by atoms with Gasteiger partial charge in [0.1, 0.15) is 6.29 Å². The molecule has 1 nitrogen and oxygen atoms in total. The summed E-state index contributed by atoms with van der Waals surface area (Å²) in [7, 11) is 0. The topological polar surface area (TPSA) is 17.1 Å². The summed E-state index contributed by atoms with van der Waals surface area (Å²) in [6.07, 6.45) is 19.1. The maximum absolute atomic E-state index is 10.6. The van der Waals surface area contributed by atoms with Crippen molar-refractivity contribution in [3.63, 3.8) is 0 Å². The van der Waals surface area contributed by atoms with Crippen molar-refractivity contribution in [2.24, 2.45) is 23.7 Å². The highest BCUT2D eigenvalue weighted by atomic mass is 16.1. The van der Waals surface area contributed by atoms with Gasteiger partial charge in [-0.15, -0.1) is 0 Å². The van der Waals surface area contributed by atoms with Gasteiger partial charge in [-0.2, -0.15) is 0 Å². The lowest BCUT2D eigenvalue weighted by Gasteiger charge is -2.37. The Morgan fingerprint density at radius 1 is 0.800 bits per heavy atom. The molecule has 0 spiro atoms. The lowest BCUT2D eigenvalue weighted by atomic mass is 9.68. The molecule has 2 fully saturated rings. The van der Waals surface area contributed by atoms with Crippen LogP contribution in [0.1, 0.15) is 90.4 Å². The summed E-state index contributed by atoms with van der Waals surface area (Å²) >= 11 is 0. The zero-order valence-corrected chi connectivity index (χ0v) is 13.5. The molecule has 2 aliphatic rings. The molecule has 0 heterocycles. The third-order valence-electron chi connectivity index (χ3n) is 6.09. The molecule has 0 bridgehead atoms. The average Bonchev–Trinajstić information content (AvgIpc) is 2.49. The van der Waals surface area contributed by atoms with E-state index in [4.69, 9.17) is 0 Å². The molecule has 2 saturated carbocycles. The Kier molecular flexibility index (Phi) is 7.10. The van der Waals surface area contributed by atoms with Crippen LogP contribution in [0.4, 0.5) is 0 Å². The van der Waals surface area contributed by atoms with Gasteiger partial charge in [0.15, 0.2) is 0 Å². The summed E-state index contributed by atoms with van der Waals surface area (Å²) in [5.74, 6) is 3.78. The summed E-state index contributed by atoms with van der Waals surface area (Å²) in [5.41, 5.74) is 0. The van der Waals surface area contributed by atoms with Gasteiger partial charge in [-0.25, -0.2) is 0 Å². The third kappa shape index (κ3) is 4.90. The first-order valence-corrected chi connectivity index (χ1v) is 9.27. The molecular formula is C19H34O. The van der Waals surface area contributed by atoms with Crippen molar-refractivity contribution in [2.75, 3.05) is 0 Å². The summed E-state index contributed by atoms with van der Waals surface area (Å²) in [6.45, 7) is 2.30. The Balaban J connectivity index is 1.63. The Bertz CT molecular complexity index is 257. The monoisotopic (exact) mass is 278 g/mol. The van der Waals surface area contributed by atoms with E-state index in [1.807, 2.05) is 0 Å². The van der Waals surface area contributed by atoms with Gasteiger partial charge >= 0.3 is 0 Å². The number of unbranched alkanes of at least 4 members (excludes halogenated alkanes) is 2. The minimum absolute atomic E-state index is 0.717. The van der Waals surface area contributed by atoms with Crippen LogP contribution in [-0.2, 0) is 4.79 Å². The Labute approximate surface area is 125 Å². The van der Waals surface area contributed by atoms with E-state index in [2.05, 4.69) is 6.92 Å². The number of hydrogen-bond acceptors (Lipinski definition) is 1. The van der Waals surface area contributed by atoms with Crippen LogP contribution in [0.5, 0.6) is 0 Å². The van der Waals surface area contributed by atoms with Crippen LogP contribution in [0.3, 0.4) is 0 Å². The van der Waals surface area contributed by atoms with E-state index < -0.39 is 0 Å². The minimum atomic E-state index is 0.717. The van der Waals surface area contributed by atoms with Gasteiger partial charge in [-0.3, -0.25) is 0 Å². The number of aldehydes is 1. The van der Waals surface area contributed by atoms with Gasteiger partial charge < -0.3 is 4.79 Å². The van der Waals surface area contributed by atoms with Crippen molar-refractivity contribution >= 4 is 6.29 Å². The van der Waals surface area contributed by atoms with Crippen LogP contribution in [0.15, 0.2) is 0 Å². The van der Waals surface area contributed by atoms with E-state index in [0.717, 1.165) is 30.5 Å². The van der Waals surface area contributed by atoms with E-state index in [1.165, 1.54) is 77.0 Å². The molecule has 0 aromatic carbocycles. The summed E-state index contributed by atoms with van der Waals surface area (Å²) in [6, 6.07) is 0. The molecule has 0 radical (unpaired) electrons. The van der Waals surface area contributed by atoms with Crippen LogP contribution in [0.25, 0.3) is 0 Å². The summed E-state index contributed by atoms with van der Waals surface area (Å²) in [4.78, 5) is 10.6. The van der Waals surface area contributed by atoms with E-state index in [9.17, 15) is 4.79 Å². The first-order chi connectivity index (χ1) is 9.83. The standard InChI is InChI=1S/C19H34O/c1-2-3-4-5-16-6-10-18(11-7-16)19-12-8-17(9-13-19)14-15-20/h15-19H,2-14H2,1H3/t16-,17?,18-,19?. The van der Waals surface area contributed by atoms with Gasteiger partial charge in [0, 0.05) is 6.42 Å². The highest BCUT2D eigenvalue weighted by molar-refractivity contribution is 5.49. The van der Waals surface area contributed by atoms with Crippen LogP contribution in [0, 0.1) is 23.7 Å². The fraction of sp³-hybridized carbons (Fsp3) is 0.947. The van der Waals surface area contributed by atoms with Crippen LogP contribution >= 0.6 is 0 Å². The molecule has 116 valence electrons. The second-order valence-electron chi connectivity index (χ2n) is 7.46. The molecular weight excluding hydrogens is 244 g/mol. The smallest absolute Gasteiger partial charge is 0.120 e. The van der Waals surface area contributed by atoms with E-state index in [-0.39, 0.29) is 0 Å². The highest BCUT2D eigenvalue weighted by Crippen LogP contribution is 2.42. The van der Waals surface area contributed by atoms with Crippen LogP contribution < -0.4 is 0 Å². The van der Waals surface area contributed by atoms with Crippen molar-refractivity contribution < 1.29 is 4.79 Å². The lowest BCUT2D eigenvalue weighted by Crippen LogP contribution is -2.26. The van der Waals surface area contributed by atoms with Crippen molar-refractivity contribution in [1.29, 1.82) is 0 Å². The Hall–Kier alpha value is -0.330. The predicted octanol–water partition coefficient (Wildman–Crippen LogP) is 5.77. The first kappa shape index (κ1) is 16.0. The zero-order chi connectivity index (χ0) is 14.2. The van der Waals surface area contributed by atoms with Crippen molar-refractivity contribution in [1.82, 2.24) is 0 Å². The summed E-state index contributed by atoms with van der Waals surface area (Å²) in [5, 5.41) is 0. The number of carbonyl (C=O) groups is 1. The largest absolute Gasteiger partial charge is 0.303 e. The Morgan fingerprint density at radius 2 is 1.35 bits per heavy atom. The van der Waals surface area contributed by atoms with Gasteiger partial charge in [-0.1, -0.05) is 45.4 Å². The molecule has 2 rings (SSSR count). The molecule has 0 amide bonds. The number of hydrogen-bond donors (Lipinski definition) is 0. The van der Waals surface area contributed by atoms with Crippen molar-refractivity contribution in [3.8, 4) is 0 Å². The fourth-order valence-electron chi connectivity index (χ4n) is 4.66. The molecule has 20 heavy (non-hydrogen) atoms. The van der Waals surface area contributed by atoms with Gasteiger partial charge in [0.05, 0.1) is 0 Å². The van der Waals surface area contributed by atoms with E-state index in [0.29, 0.717) is 5.92 Å². The Morgan fingerprint density at radius 3 is 1.85 bits per heavy atom. The third-order valence-corrected chi connectivity index (χ3v) is 6.09. The van der Waals surface area contributed by atoms with Crippen molar-refractivity contribution in [2.45, 2.75) is 90.4 Å². The second kappa shape index (κ2) is 8.85. The minimum Gasteiger partial charge on any atom is -0.303 e. The molecule has 1 heteroatoms. The first-order valence-electron chi connectivity index (χ1n) is 9.27. The van der Waals surface area contributed by atoms with E-state index >= 15 is 0 Å².